The first-order valence-electron chi connectivity index (χ1n) is 9.57. The van der Waals surface area contributed by atoms with Gasteiger partial charge in [0, 0.05) is 24.2 Å². The molecule has 3 N–H and O–H groups in total. The van der Waals surface area contributed by atoms with E-state index in [4.69, 9.17) is 15.2 Å². The lowest BCUT2D eigenvalue weighted by Gasteiger charge is -2.16. The molecule has 7 nitrogen and oxygen atoms in total. The van der Waals surface area contributed by atoms with Gasteiger partial charge in [0.15, 0.2) is 0 Å². The predicted octanol–water partition coefficient (Wildman–Crippen LogP) is 3.28. The highest BCUT2D eigenvalue weighted by molar-refractivity contribution is 5.72. The molecule has 7 heteroatoms. The average molecular weight is 386 g/mol. The number of nitrogens with one attached hydrogen (secondary N) is 1. The molecule has 0 aliphatic heterocycles. The number of carbonyl (C=O) groups is 1. The number of anilines is 2. The fourth-order valence-electron chi connectivity index (χ4n) is 3.07. The van der Waals surface area contributed by atoms with Crippen LogP contribution in [0.25, 0.3) is 0 Å². The molecule has 152 valence electrons. The molecule has 1 heterocycles. The standard InChI is InChI=1S/C21H30N4O3/c1-5-6-7-10-23-20-17(14(2)24-21(22)25-20)13-16-11-15(12-19(26)28-4)8-9-18(16)27-3/h8-9,11H,5-7,10,12-13H2,1-4H3,(H3,22,23,24,25). The maximum atomic E-state index is 11.6. The summed E-state index contributed by atoms with van der Waals surface area (Å²) in [7, 11) is 3.02. The number of esters is 1. The average Bonchev–Trinajstić information content (AvgIpc) is 2.67. The molecule has 0 unspecified atom stereocenters. The first-order chi connectivity index (χ1) is 13.5. The van der Waals surface area contributed by atoms with Crippen molar-refractivity contribution in [3.63, 3.8) is 0 Å². The van der Waals surface area contributed by atoms with Crippen molar-refractivity contribution in [1.82, 2.24) is 9.97 Å². The summed E-state index contributed by atoms with van der Waals surface area (Å²) in [4.78, 5) is 20.4. The second-order valence-corrected chi connectivity index (χ2v) is 6.70. The van der Waals surface area contributed by atoms with Crippen LogP contribution in [-0.2, 0) is 22.4 Å². The topological polar surface area (TPSA) is 99.4 Å². The van der Waals surface area contributed by atoms with E-state index in [2.05, 4.69) is 22.2 Å². The van der Waals surface area contributed by atoms with Gasteiger partial charge in [0.2, 0.25) is 5.95 Å². The van der Waals surface area contributed by atoms with Crippen LogP contribution in [0.5, 0.6) is 5.75 Å². The van der Waals surface area contributed by atoms with Crippen LogP contribution in [0.2, 0.25) is 0 Å². The van der Waals surface area contributed by atoms with Crippen LogP contribution in [0.3, 0.4) is 0 Å². The van der Waals surface area contributed by atoms with Gasteiger partial charge in [-0.05, 0) is 30.5 Å². The number of unbranched alkanes of at least 4 members (excludes halogenated alkanes) is 2. The van der Waals surface area contributed by atoms with Gasteiger partial charge in [-0.2, -0.15) is 4.98 Å². The Morgan fingerprint density at radius 3 is 2.68 bits per heavy atom. The van der Waals surface area contributed by atoms with E-state index in [0.717, 1.165) is 59.8 Å². The highest BCUT2D eigenvalue weighted by Crippen LogP contribution is 2.27. The second kappa shape index (κ2) is 10.5. The van der Waals surface area contributed by atoms with Gasteiger partial charge in [-0.15, -0.1) is 0 Å². The van der Waals surface area contributed by atoms with E-state index < -0.39 is 0 Å². The summed E-state index contributed by atoms with van der Waals surface area (Å²) >= 11 is 0. The zero-order valence-corrected chi connectivity index (χ0v) is 17.2. The fourth-order valence-corrected chi connectivity index (χ4v) is 3.07. The van der Waals surface area contributed by atoms with Gasteiger partial charge in [0.05, 0.1) is 20.6 Å². The molecular weight excluding hydrogens is 356 g/mol. The lowest BCUT2D eigenvalue weighted by Crippen LogP contribution is -2.12. The van der Waals surface area contributed by atoms with Crippen LogP contribution < -0.4 is 15.8 Å². The van der Waals surface area contributed by atoms with E-state index in [1.165, 1.54) is 7.11 Å². The molecule has 28 heavy (non-hydrogen) atoms. The van der Waals surface area contributed by atoms with Gasteiger partial charge in [-0.25, -0.2) is 4.98 Å². The van der Waals surface area contributed by atoms with Crippen molar-refractivity contribution in [1.29, 1.82) is 0 Å². The largest absolute Gasteiger partial charge is 0.496 e. The third-order valence-corrected chi connectivity index (χ3v) is 4.59. The Bertz CT molecular complexity index is 808. The highest BCUT2D eigenvalue weighted by Gasteiger charge is 2.15. The number of nitrogens with two attached hydrogens (primary N) is 1. The molecule has 1 aromatic heterocycles. The second-order valence-electron chi connectivity index (χ2n) is 6.70. The first-order valence-corrected chi connectivity index (χ1v) is 9.57. The van der Waals surface area contributed by atoms with Crippen molar-refractivity contribution in [3.05, 3.63) is 40.6 Å². The molecule has 0 radical (unpaired) electrons. The number of benzene rings is 1. The fraction of sp³-hybridized carbons (Fsp3) is 0.476. The van der Waals surface area contributed by atoms with E-state index >= 15 is 0 Å². The van der Waals surface area contributed by atoms with Crippen molar-refractivity contribution < 1.29 is 14.3 Å². The summed E-state index contributed by atoms with van der Waals surface area (Å²) in [5, 5.41) is 3.40. The molecule has 0 spiro atoms. The van der Waals surface area contributed by atoms with E-state index in [1.54, 1.807) is 7.11 Å². The van der Waals surface area contributed by atoms with Gasteiger partial charge in [0.25, 0.3) is 0 Å². The number of hydrogen-bond donors (Lipinski definition) is 2. The Balaban J connectivity index is 2.32. The normalized spacial score (nSPS) is 10.6. The van der Waals surface area contributed by atoms with Gasteiger partial charge in [-0.1, -0.05) is 31.9 Å². The van der Waals surface area contributed by atoms with Crippen LogP contribution in [0.15, 0.2) is 18.2 Å². The van der Waals surface area contributed by atoms with Crippen LogP contribution >= 0.6 is 0 Å². The maximum absolute atomic E-state index is 11.6. The summed E-state index contributed by atoms with van der Waals surface area (Å²) in [6.45, 7) is 4.93. The number of nitrogen functional groups attached to an aromatic ring is 1. The molecule has 0 aliphatic carbocycles. The highest BCUT2D eigenvalue weighted by atomic mass is 16.5. The zero-order valence-electron chi connectivity index (χ0n) is 17.2. The SMILES string of the molecule is CCCCCNc1nc(N)nc(C)c1Cc1cc(CC(=O)OC)ccc1OC. The quantitative estimate of drug-likeness (QED) is 0.477. The van der Waals surface area contributed by atoms with Crippen LogP contribution in [0, 0.1) is 6.92 Å². The summed E-state index contributed by atoms with van der Waals surface area (Å²) in [6.07, 6.45) is 4.17. The number of ether oxygens (including phenoxy) is 2. The molecule has 0 amide bonds. The molecule has 0 aliphatic rings. The molecule has 1 aromatic carbocycles. The minimum absolute atomic E-state index is 0.215. The minimum Gasteiger partial charge on any atom is -0.496 e. The Hall–Kier alpha value is -2.83. The van der Waals surface area contributed by atoms with Gasteiger partial charge in [-0.3, -0.25) is 4.79 Å². The monoisotopic (exact) mass is 386 g/mol. The number of carbonyl (C=O) groups excluding carboxylic acids is 1. The minimum atomic E-state index is -0.276. The van der Waals surface area contributed by atoms with Crippen LogP contribution in [0.1, 0.15) is 48.6 Å². The zero-order chi connectivity index (χ0) is 20.5. The number of rotatable bonds is 10. The summed E-state index contributed by atoms with van der Waals surface area (Å²) in [5.41, 5.74) is 9.49. The van der Waals surface area contributed by atoms with E-state index in [9.17, 15) is 4.79 Å². The molecule has 0 saturated heterocycles. The van der Waals surface area contributed by atoms with Gasteiger partial charge in [0.1, 0.15) is 11.6 Å². The lowest BCUT2D eigenvalue weighted by atomic mass is 9.99. The Morgan fingerprint density at radius 2 is 2.00 bits per heavy atom. The molecule has 0 bridgehead atoms. The van der Waals surface area contributed by atoms with Gasteiger partial charge < -0.3 is 20.5 Å². The van der Waals surface area contributed by atoms with E-state index in [0.29, 0.717) is 6.42 Å². The smallest absolute Gasteiger partial charge is 0.309 e. The molecule has 0 fully saturated rings. The number of nitrogens with zero attached hydrogens (tertiary/aromatic N) is 2. The van der Waals surface area contributed by atoms with Crippen LogP contribution in [0.4, 0.5) is 11.8 Å². The Kier molecular flexibility index (Phi) is 8.04. The summed E-state index contributed by atoms with van der Waals surface area (Å²) < 4.78 is 10.3. The van der Waals surface area contributed by atoms with E-state index in [1.807, 2.05) is 25.1 Å². The first kappa shape index (κ1) is 21.5. The molecule has 0 atom stereocenters. The number of hydrogen-bond acceptors (Lipinski definition) is 7. The maximum Gasteiger partial charge on any atom is 0.309 e. The van der Waals surface area contributed by atoms with Crippen molar-refractivity contribution >= 4 is 17.7 Å². The lowest BCUT2D eigenvalue weighted by molar-refractivity contribution is -0.139. The summed E-state index contributed by atoms with van der Waals surface area (Å²) in [6, 6.07) is 5.71. The third-order valence-electron chi connectivity index (χ3n) is 4.59. The number of aromatic nitrogens is 2. The summed E-state index contributed by atoms with van der Waals surface area (Å²) in [5.74, 6) is 1.48. The predicted molar refractivity (Wildman–Crippen MR) is 111 cm³/mol. The molecule has 2 aromatic rings. The number of aryl methyl sites for hydroxylation is 1. The van der Waals surface area contributed by atoms with Crippen molar-refractivity contribution in [3.8, 4) is 5.75 Å². The van der Waals surface area contributed by atoms with Crippen molar-refractivity contribution in [2.45, 2.75) is 46.0 Å². The Labute approximate surface area is 166 Å². The number of methoxy groups -OCH3 is 2. The molecular formula is C21H30N4O3. The van der Waals surface area contributed by atoms with Crippen LogP contribution in [-0.4, -0.2) is 36.7 Å². The van der Waals surface area contributed by atoms with Crippen molar-refractivity contribution in [2.24, 2.45) is 0 Å². The van der Waals surface area contributed by atoms with Crippen molar-refractivity contribution in [2.75, 3.05) is 31.8 Å². The third kappa shape index (κ3) is 5.84. The van der Waals surface area contributed by atoms with Gasteiger partial charge >= 0.3 is 5.97 Å². The molecule has 2 rings (SSSR count). The molecule has 0 saturated carbocycles. The van der Waals surface area contributed by atoms with E-state index in [-0.39, 0.29) is 18.3 Å². The Morgan fingerprint density at radius 1 is 1.21 bits per heavy atom.